The number of aliphatic carboxylic acids is 1. The highest BCUT2D eigenvalue weighted by atomic mass is 16.5. The lowest BCUT2D eigenvalue weighted by Gasteiger charge is -2.19. The van der Waals surface area contributed by atoms with Crippen LogP contribution >= 0.6 is 0 Å². The number of benzene rings is 2. The highest BCUT2D eigenvalue weighted by Crippen LogP contribution is 2.31. The zero-order valence-electron chi connectivity index (χ0n) is 16.2. The van der Waals surface area contributed by atoms with Gasteiger partial charge in [-0.2, -0.15) is 5.10 Å². The highest BCUT2D eigenvalue weighted by Gasteiger charge is 2.44. The first-order valence-corrected chi connectivity index (χ1v) is 9.35. The van der Waals surface area contributed by atoms with E-state index in [0.29, 0.717) is 29.3 Å². The molecule has 1 heterocycles. The summed E-state index contributed by atoms with van der Waals surface area (Å²) in [5, 5.41) is 15.2. The van der Waals surface area contributed by atoms with Crippen molar-refractivity contribution in [1.29, 1.82) is 0 Å². The molecule has 150 valence electrons. The molecule has 3 rings (SSSR count). The van der Waals surface area contributed by atoms with Gasteiger partial charge in [-0.05, 0) is 50.2 Å². The normalized spacial score (nSPS) is 17.0. The lowest BCUT2D eigenvalue weighted by molar-refractivity contribution is -0.144. The van der Waals surface area contributed by atoms with Crippen molar-refractivity contribution < 1.29 is 24.2 Å². The number of anilines is 1. The van der Waals surface area contributed by atoms with Crippen LogP contribution in [0.1, 0.15) is 30.6 Å². The van der Waals surface area contributed by atoms with Gasteiger partial charge in [0.15, 0.2) is 5.78 Å². The minimum Gasteiger partial charge on any atom is -0.494 e. The van der Waals surface area contributed by atoms with Crippen LogP contribution in [0.4, 0.5) is 5.69 Å². The van der Waals surface area contributed by atoms with Gasteiger partial charge in [-0.15, -0.1) is 0 Å². The van der Waals surface area contributed by atoms with Crippen molar-refractivity contribution >= 4 is 29.1 Å². The molecule has 2 aromatic carbocycles. The van der Waals surface area contributed by atoms with Gasteiger partial charge < -0.3 is 9.84 Å². The fourth-order valence-corrected chi connectivity index (χ4v) is 3.37. The van der Waals surface area contributed by atoms with Crippen molar-refractivity contribution in [3.63, 3.8) is 0 Å². The third kappa shape index (κ3) is 4.34. The second kappa shape index (κ2) is 8.68. The van der Waals surface area contributed by atoms with Gasteiger partial charge in [0.2, 0.25) is 0 Å². The van der Waals surface area contributed by atoms with Crippen LogP contribution in [0.3, 0.4) is 0 Å². The number of carbonyl (C=O) groups excluding carboxylic acids is 2. The molecule has 2 unspecified atom stereocenters. The van der Waals surface area contributed by atoms with E-state index in [0.717, 1.165) is 0 Å². The number of amides is 1. The van der Waals surface area contributed by atoms with Crippen LogP contribution in [0.2, 0.25) is 0 Å². The van der Waals surface area contributed by atoms with E-state index in [4.69, 9.17) is 4.74 Å². The highest BCUT2D eigenvalue weighted by molar-refractivity contribution is 6.17. The summed E-state index contributed by atoms with van der Waals surface area (Å²) >= 11 is 0. The Bertz CT molecular complexity index is 937. The van der Waals surface area contributed by atoms with Crippen molar-refractivity contribution in [3.8, 4) is 5.75 Å². The SMILES string of the molecule is CCOc1ccc(C(=O)CC(C(=O)O)C2C(=O)N(c3ccccc3)N=C2C)cc1. The van der Waals surface area contributed by atoms with Crippen LogP contribution in [0.15, 0.2) is 59.7 Å². The summed E-state index contributed by atoms with van der Waals surface area (Å²) < 4.78 is 5.35. The van der Waals surface area contributed by atoms with Crippen LogP contribution in [-0.4, -0.2) is 35.1 Å². The summed E-state index contributed by atoms with van der Waals surface area (Å²) in [5.41, 5.74) is 1.31. The van der Waals surface area contributed by atoms with E-state index in [9.17, 15) is 19.5 Å². The molecule has 2 atom stereocenters. The lowest BCUT2D eigenvalue weighted by Crippen LogP contribution is -2.37. The molecule has 1 aliphatic rings. The largest absolute Gasteiger partial charge is 0.494 e. The van der Waals surface area contributed by atoms with Gasteiger partial charge in [-0.3, -0.25) is 14.4 Å². The molecule has 7 nitrogen and oxygen atoms in total. The standard InChI is InChI=1S/C22H22N2O5/c1-3-29-17-11-9-15(10-12-17)19(25)13-18(22(27)28)20-14(2)23-24(21(20)26)16-7-5-4-6-8-16/h4-12,18,20H,3,13H2,1-2H3,(H,27,28). The quantitative estimate of drug-likeness (QED) is 0.692. The number of hydrazone groups is 1. The topological polar surface area (TPSA) is 96.3 Å². The van der Waals surface area contributed by atoms with Crippen molar-refractivity contribution in [2.45, 2.75) is 20.3 Å². The molecule has 0 aliphatic carbocycles. The Kier molecular flexibility index (Phi) is 6.07. The van der Waals surface area contributed by atoms with Crippen LogP contribution in [0, 0.1) is 11.8 Å². The fraction of sp³-hybridized carbons (Fsp3) is 0.273. The van der Waals surface area contributed by atoms with Gasteiger partial charge >= 0.3 is 5.97 Å². The van der Waals surface area contributed by atoms with Gasteiger partial charge in [0, 0.05) is 17.7 Å². The maximum absolute atomic E-state index is 12.9. The molecule has 0 radical (unpaired) electrons. The monoisotopic (exact) mass is 394 g/mol. The molecule has 0 spiro atoms. The Morgan fingerprint density at radius 3 is 2.38 bits per heavy atom. The van der Waals surface area contributed by atoms with Crippen molar-refractivity contribution in [2.24, 2.45) is 16.9 Å². The molecule has 29 heavy (non-hydrogen) atoms. The molecule has 0 saturated heterocycles. The van der Waals surface area contributed by atoms with Gasteiger partial charge in [-0.25, -0.2) is 5.01 Å². The molecule has 0 fully saturated rings. The Morgan fingerprint density at radius 2 is 1.79 bits per heavy atom. The number of carbonyl (C=O) groups is 3. The maximum atomic E-state index is 12.9. The Balaban J connectivity index is 1.79. The predicted octanol–water partition coefficient (Wildman–Crippen LogP) is 3.40. The number of Topliss-reactive ketones (excluding diaryl/α,β-unsaturated/α-hetero) is 1. The van der Waals surface area contributed by atoms with Gasteiger partial charge in [0.05, 0.1) is 24.1 Å². The van der Waals surface area contributed by atoms with Crippen LogP contribution in [0.25, 0.3) is 0 Å². The molecule has 0 aromatic heterocycles. The second-order valence-electron chi connectivity index (χ2n) is 6.73. The average Bonchev–Trinajstić information content (AvgIpc) is 3.01. The predicted molar refractivity (Wildman–Crippen MR) is 108 cm³/mol. The van der Waals surface area contributed by atoms with E-state index in [1.165, 1.54) is 5.01 Å². The smallest absolute Gasteiger partial charge is 0.308 e. The van der Waals surface area contributed by atoms with Gasteiger partial charge in [0.1, 0.15) is 5.75 Å². The molecule has 1 aliphatic heterocycles. The first-order chi connectivity index (χ1) is 13.9. The molecular weight excluding hydrogens is 372 g/mol. The number of carboxylic acid groups (broad SMARTS) is 1. The van der Waals surface area contributed by atoms with Crippen LogP contribution < -0.4 is 9.75 Å². The zero-order valence-corrected chi connectivity index (χ0v) is 16.2. The van der Waals surface area contributed by atoms with Crippen LogP contribution in [0.5, 0.6) is 5.75 Å². The first kappa shape index (κ1) is 20.3. The summed E-state index contributed by atoms with van der Waals surface area (Å²) in [5.74, 6) is -3.54. The van der Waals surface area contributed by atoms with E-state index >= 15 is 0 Å². The first-order valence-electron chi connectivity index (χ1n) is 9.35. The number of ether oxygens (including phenoxy) is 1. The van der Waals surface area contributed by atoms with E-state index in [-0.39, 0.29) is 12.2 Å². The lowest BCUT2D eigenvalue weighted by atomic mass is 9.83. The third-order valence-electron chi connectivity index (χ3n) is 4.80. The zero-order chi connectivity index (χ0) is 21.0. The number of ketones is 1. The number of nitrogens with zero attached hydrogens (tertiary/aromatic N) is 2. The molecule has 7 heteroatoms. The number of hydrogen-bond donors (Lipinski definition) is 1. The summed E-state index contributed by atoms with van der Waals surface area (Å²) in [4.78, 5) is 37.5. The van der Waals surface area contributed by atoms with Crippen molar-refractivity contribution in [3.05, 3.63) is 60.2 Å². The molecule has 1 amide bonds. The number of carboxylic acids is 1. The number of hydrogen-bond acceptors (Lipinski definition) is 5. The summed E-state index contributed by atoms with van der Waals surface area (Å²) in [7, 11) is 0. The third-order valence-corrected chi connectivity index (χ3v) is 4.80. The second-order valence-corrected chi connectivity index (χ2v) is 6.73. The fourth-order valence-electron chi connectivity index (χ4n) is 3.37. The van der Waals surface area contributed by atoms with Crippen LogP contribution in [-0.2, 0) is 9.59 Å². The van der Waals surface area contributed by atoms with Crippen molar-refractivity contribution in [2.75, 3.05) is 11.6 Å². The van der Waals surface area contributed by atoms with Crippen molar-refractivity contribution in [1.82, 2.24) is 0 Å². The number of rotatable bonds is 8. The van der Waals surface area contributed by atoms with Gasteiger partial charge in [0.25, 0.3) is 5.91 Å². The summed E-state index contributed by atoms with van der Waals surface area (Å²) in [6, 6.07) is 15.3. The van der Waals surface area contributed by atoms with Gasteiger partial charge in [-0.1, -0.05) is 18.2 Å². The number of para-hydroxylation sites is 1. The maximum Gasteiger partial charge on any atom is 0.308 e. The van der Waals surface area contributed by atoms with E-state index in [1.54, 1.807) is 55.5 Å². The molecule has 0 saturated carbocycles. The molecule has 0 bridgehead atoms. The summed E-state index contributed by atoms with van der Waals surface area (Å²) in [6.07, 6.45) is -0.296. The van der Waals surface area contributed by atoms with E-state index in [2.05, 4.69) is 5.10 Å². The molecule has 2 aromatic rings. The molecule has 1 N–H and O–H groups in total. The van der Waals surface area contributed by atoms with E-state index in [1.807, 2.05) is 13.0 Å². The van der Waals surface area contributed by atoms with E-state index < -0.39 is 23.7 Å². The Morgan fingerprint density at radius 1 is 1.14 bits per heavy atom. The minimum absolute atomic E-state index is 0.296. The summed E-state index contributed by atoms with van der Waals surface area (Å²) in [6.45, 7) is 3.98. The molecular formula is C22H22N2O5. The Hall–Kier alpha value is -3.48. The average molecular weight is 394 g/mol. The minimum atomic E-state index is -1.20. The Labute approximate surface area is 168 Å².